The number of carbonyl (C=O) groups is 2. The van der Waals surface area contributed by atoms with Crippen LogP contribution in [-0.2, 0) is 23.8 Å². The molecule has 7 nitrogen and oxygen atoms in total. The van der Waals surface area contributed by atoms with Gasteiger partial charge in [-0.25, -0.2) is 9.59 Å². The largest absolute Gasteiger partial charge is 0.491 e. The van der Waals surface area contributed by atoms with Crippen LogP contribution in [0.4, 0.5) is 0 Å². The molecular formula is C23H29NO6. The van der Waals surface area contributed by atoms with E-state index in [1.54, 1.807) is 12.4 Å². The third-order valence-electron chi connectivity index (χ3n) is 5.10. The molecule has 1 atom stereocenters. The van der Waals surface area contributed by atoms with Crippen molar-refractivity contribution in [1.82, 2.24) is 4.90 Å². The predicted molar refractivity (Wildman–Crippen MR) is 111 cm³/mol. The van der Waals surface area contributed by atoms with E-state index in [0.717, 1.165) is 30.8 Å². The van der Waals surface area contributed by atoms with Gasteiger partial charge in [0.1, 0.15) is 5.75 Å². The molecular weight excluding hydrogens is 386 g/mol. The van der Waals surface area contributed by atoms with Crippen molar-refractivity contribution < 1.29 is 28.5 Å². The predicted octanol–water partition coefficient (Wildman–Crippen LogP) is 3.17. The summed E-state index contributed by atoms with van der Waals surface area (Å²) < 4.78 is 21.5. The second kappa shape index (κ2) is 9.80. The Hall–Kier alpha value is -2.80. The molecule has 0 radical (unpaired) electrons. The van der Waals surface area contributed by atoms with Crippen LogP contribution in [0, 0.1) is 0 Å². The Morgan fingerprint density at radius 2 is 1.67 bits per heavy atom. The molecule has 162 valence electrons. The molecule has 0 aromatic heterocycles. The number of methoxy groups -OCH3 is 2. The first-order chi connectivity index (χ1) is 14.4. The SMILES string of the molecule is COC(=O)C1=CN(C[C@H]2CCCO2)C=C(C(=O)OC)C1c1ccc(OC(C)C)cc1. The fraction of sp³-hybridized carbons (Fsp3) is 0.478. The monoisotopic (exact) mass is 415 g/mol. The number of esters is 2. The fourth-order valence-electron chi connectivity index (χ4n) is 3.79. The lowest BCUT2D eigenvalue weighted by Gasteiger charge is -2.31. The summed E-state index contributed by atoms with van der Waals surface area (Å²) in [6, 6.07) is 7.37. The topological polar surface area (TPSA) is 74.3 Å². The van der Waals surface area contributed by atoms with E-state index in [1.807, 2.05) is 43.0 Å². The summed E-state index contributed by atoms with van der Waals surface area (Å²) >= 11 is 0. The molecule has 2 heterocycles. The Morgan fingerprint density at radius 1 is 1.07 bits per heavy atom. The Morgan fingerprint density at radius 3 is 2.13 bits per heavy atom. The van der Waals surface area contributed by atoms with E-state index in [0.29, 0.717) is 17.7 Å². The molecule has 1 aromatic rings. The Bertz CT molecular complexity index is 787. The van der Waals surface area contributed by atoms with Crippen LogP contribution < -0.4 is 4.74 Å². The van der Waals surface area contributed by atoms with Crippen molar-refractivity contribution in [2.45, 2.75) is 44.8 Å². The zero-order valence-corrected chi connectivity index (χ0v) is 17.9. The molecule has 0 bridgehead atoms. The van der Waals surface area contributed by atoms with Crippen molar-refractivity contribution in [1.29, 1.82) is 0 Å². The van der Waals surface area contributed by atoms with Crippen LogP contribution in [0.3, 0.4) is 0 Å². The number of nitrogens with zero attached hydrogens (tertiary/aromatic N) is 1. The summed E-state index contributed by atoms with van der Waals surface area (Å²) in [5.74, 6) is -0.862. The van der Waals surface area contributed by atoms with Gasteiger partial charge in [-0.2, -0.15) is 0 Å². The van der Waals surface area contributed by atoms with E-state index < -0.39 is 17.9 Å². The number of hydrogen-bond donors (Lipinski definition) is 0. The summed E-state index contributed by atoms with van der Waals surface area (Å²) in [5.41, 5.74) is 1.52. The molecule has 1 saturated heterocycles. The minimum absolute atomic E-state index is 0.0490. The molecule has 0 N–H and O–H groups in total. The van der Waals surface area contributed by atoms with Crippen LogP contribution in [0.2, 0.25) is 0 Å². The van der Waals surface area contributed by atoms with E-state index >= 15 is 0 Å². The molecule has 2 aliphatic heterocycles. The molecule has 30 heavy (non-hydrogen) atoms. The Balaban J connectivity index is 1.97. The van der Waals surface area contributed by atoms with Crippen molar-refractivity contribution in [3.8, 4) is 5.75 Å². The van der Waals surface area contributed by atoms with Crippen molar-refractivity contribution >= 4 is 11.9 Å². The van der Waals surface area contributed by atoms with Crippen molar-refractivity contribution in [3.05, 3.63) is 53.4 Å². The summed E-state index contributed by atoms with van der Waals surface area (Å²) in [4.78, 5) is 27.1. The lowest BCUT2D eigenvalue weighted by molar-refractivity contribution is -0.137. The highest BCUT2D eigenvalue weighted by atomic mass is 16.5. The minimum Gasteiger partial charge on any atom is -0.491 e. The molecule has 1 aromatic carbocycles. The van der Waals surface area contributed by atoms with Crippen LogP contribution in [0.15, 0.2) is 47.8 Å². The van der Waals surface area contributed by atoms with Gasteiger partial charge in [0.2, 0.25) is 0 Å². The van der Waals surface area contributed by atoms with Gasteiger partial charge in [0.15, 0.2) is 0 Å². The van der Waals surface area contributed by atoms with E-state index in [1.165, 1.54) is 14.2 Å². The first kappa shape index (κ1) is 21.9. The van der Waals surface area contributed by atoms with Gasteiger partial charge in [-0.1, -0.05) is 12.1 Å². The zero-order chi connectivity index (χ0) is 21.7. The quantitative estimate of drug-likeness (QED) is 0.633. The third kappa shape index (κ3) is 5.02. The average Bonchev–Trinajstić information content (AvgIpc) is 3.25. The highest BCUT2D eigenvalue weighted by Crippen LogP contribution is 2.38. The number of hydrogen-bond acceptors (Lipinski definition) is 7. The highest BCUT2D eigenvalue weighted by molar-refractivity contribution is 5.98. The second-order valence-electron chi connectivity index (χ2n) is 7.65. The molecule has 0 unspecified atom stereocenters. The molecule has 0 aliphatic carbocycles. The Labute approximate surface area is 177 Å². The maximum atomic E-state index is 12.6. The van der Waals surface area contributed by atoms with Gasteiger partial charge >= 0.3 is 11.9 Å². The van der Waals surface area contributed by atoms with Crippen LogP contribution in [0.1, 0.15) is 38.2 Å². The van der Waals surface area contributed by atoms with Gasteiger partial charge in [0.25, 0.3) is 0 Å². The second-order valence-corrected chi connectivity index (χ2v) is 7.65. The van der Waals surface area contributed by atoms with Gasteiger partial charge in [0, 0.05) is 25.6 Å². The maximum absolute atomic E-state index is 12.6. The molecule has 0 saturated carbocycles. The zero-order valence-electron chi connectivity index (χ0n) is 17.9. The fourth-order valence-corrected chi connectivity index (χ4v) is 3.79. The van der Waals surface area contributed by atoms with E-state index in [-0.39, 0.29) is 12.2 Å². The molecule has 3 rings (SSSR count). The standard InChI is InChI=1S/C23H29NO6/c1-15(2)30-17-9-7-16(8-10-17)21-19(22(25)27-3)13-24(12-18-6-5-11-29-18)14-20(21)23(26)28-4/h7-10,13-15,18,21H,5-6,11-12H2,1-4H3/t18-/m1/s1. The summed E-state index contributed by atoms with van der Waals surface area (Å²) in [5, 5.41) is 0. The third-order valence-corrected chi connectivity index (χ3v) is 5.10. The maximum Gasteiger partial charge on any atom is 0.336 e. The van der Waals surface area contributed by atoms with Gasteiger partial charge in [-0.05, 0) is 44.4 Å². The average molecular weight is 415 g/mol. The van der Waals surface area contributed by atoms with E-state index in [2.05, 4.69) is 0 Å². The van der Waals surface area contributed by atoms with Crippen LogP contribution in [-0.4, -0.2) is 56.4 Å². The van der Waals surface area contributed by atoms with Crippen LogP contribution in [0.5, 0.6) is 5.75 Å². The van der Waals surface area contributed by atoms with E-state index in [9.17, 15) is 9.59 Å². The molecule has 0 spiro atoms. The van der Waals surface area contributed by atoms with Gasteiger partial charge in [-0.3, -0.25) is 0 Å². The van der Waals surface area contributed by atoms with Gasteiger partial charge in [0.05, 0.1) is 43.5 Å². The summed E-state index contributed by atoms with van der Waals surface area (Å²) in [6.07, 6.45) is 5.53. The number of benzene rings is 1. The first-order valence-electron chi connectivity index (χ1n) is 10.2. The summed E-state index contributed by atoms with van der Waals surface area (Å²) in [6.45, 7) is 5.18. The normalized spacial score (nSPS) is 19.4. The lowest BCUT2D eigenvalue weighted by Crippen LogP contribution is -2.32. The van der Waals surface area contributed by atoms with Crippen molar-refractivity contribution in [2.24, 2.45) is 0 Å². The number of ether oxygens (including phenoxy) is 4. The summed E-state index contributed by atoms with van der Waals surface area (Å²) in [7, 11) is 2.67. The van der Waals surface area contributed by atoms with Crippen molar-refractivity contribution in [3.63, 3.8) is 0 Å². The van der Waals surface area contributed by atoms with Crippen LogP contribution in [0.25, 0.3) is 0 Å². The molecule has 7 heteroatoms. The molecule has 2 aliphatic rings. The smallest absolute Gasteiger partial charge is 0.336 e. The lowest BCUT2D eigenvalue weighted by atomic mass is 9.83. The van der Waals surface area contributed by atoms with Gasteiger partial charge < -0.3 is 23.8 Å². The minimum atomic E-state index is -0.598. The number of carbonyl (C=O) groups excluding carboxylic acids is 2. The molecule has 1 fully saturated rings. The van der Waals surface area contributed by atoms with Gasteiger partial charge in [-0.15, -0.1) is 0 Å². The Kier molecular flexibility index (Phi) is 7.15. The van der Waals surface area contributed by atoms with Crippen LogP contribution >= 0.6 is 0 Å². The molecule has 0 amide bonds. The first-order valence-corrected chi connectivity index (χ1v) is 10.2. The van der Waals surface area contributed by atoms with E-state index in [4.69, 9.17) is 18.9 Å². The highest BCUT2D eigenvalue weighted by Gasteiger charge is 2.35. The van der Waals surface area contributed by atoms with Crippen molar-refractivity contribution in [2.75, 3.05) is 27.4 Å². The number of rotatable bonds is 7.